The molecule has 1 aromatic heterocycles. The van der Waals surface area contributed by atoms with Crippen LogP contribution in [0.2, 0.25) is 0 Å². The number of amides is 1. The lowest BCUT2D eigenvalue weighted by Crippen LogP contribution is -2.21. The molecular weight excluding hydrogens is 352 g/mol. The lowest BCUT2D eigenvalue weighted by molar-refractivity contribution is -0.119. The van der Waals surface area contributed by atoms with E-state index in [0.29, 0.717) is 34.7 Å². The molecular formula is C19H22N2O6. The van der Waals surface area contributed by atoms with Gasteiger partial charge in [0.2, 0.25) is 0 Å². The summed E-state index contributed by atoms with van der Waals surface area (Å²) in [6, 6.07) is 6.88. The Hall–Kier alpha value is -3.29. The average molecular weight is 374 g/mol. The zero-order valence-corrected chi connectivity index (χ0v) is 15.7. The summed E-state index contributed by atoms with van der Waals surface area (Å²) in [5.41, 5.74) is 1.90. The number of H-pyrrole nitrogens is 1. The summed E-state index contributed by atoms with van der Waals surface area (Å²) in [6.07, 6.45) is 0.507. The predicted molar refractivity (Wildman–Crippen MR) is 98.2 cm³/mol. The molecule has 0 aliphatic carbocycles. The number of carbonyl (C=O) groups is 3. The average Bonchev–Trinajstić information content (AvgIpc) is 3.02. The Balaban J connectivity index is 2.06. The van der Waals surface area contributed by atoms with Crippen molar-refractivity contribution >= 4 is 23.5 Å². The molecule has 2 rings (SSSR count). The van der Waals surface area contributed by atoms with Crippen molar-refractivity contribution in [3.05, 3.63) is 46.8 Å². The third-order valence-electron chi connectivity index (χ3n) is 3.99. The lowest BCUT2D eigenvalue weighted by Gasteiger charge is -2.10. The van der Waals surface area contributed by atoms with Crippen LogP contribution >= 0.6 is 0 Å². The number of nitrogens with one attached hydrogen (secondary N) is 2. The molecule has 0 aliphatic heterocycles. The van der Waals surface area contributed by atoms with E-state index in [1.54, 1.807) is 31.2 Å². The van der Waals surface area contributed by atoms with Crippen LogP contribution in [0.25, 0.3) is 0 Å². The SMILES string of the molecule is CCc1[nH]c(C(=O)OCC(=O)Nc2ccccc2OC)c(C)c1C(=O)OC. The second-order valence-corrected chi connectivity index (χ2v) is 5.65. The highest BCUT2D eigenvalue weighted by atomic mass is 16.5. The van der Waals surface area contributed by atoms with Crippen LogP contribution in [0.4, 0.5) is 5.69 Å². The van der Waals surface area contributed by atoms with Crippen molar-refractivity contribution in [1.82, 2.24) is 4.98 Å². The fourth-order valence-corrected chi connectivity index (χ4v) is 2.64. The van der Waals surface area contributed by atoms with Gasteiger partial charge in [-0.15, -0.1) is 0 Å². The number of hydrogen-bond donors (Lipinski definition) is 2. The maximum atomic E-state index is 12.3. The van der Waals surface area contributed by atoms with E-state index < -0.39 is 24.5 Å². The maximum Gasteiger partial charge on any atom is 0.355 e. The quantitative estimate of drug-likeness (QED) is 0.721. The van der Waals surface area contributed by atoms with Crippen LogP contribution in [0.3, 0.4) is 0 Å². The van der Waals surface area contributed by atoms with Crippen molar-refractivity contribution in [2.45, 2.75) is 20.3 Å². The smallest absolute Gasteiger partial charge is 0.355 e. The van der Waals surface area contributed by atoms with Crippen LogP contribution in [0.5, 0.6) is 5.75 Å². The topological polar surface area (TPSA) is 107 Å². The van der Waals surface area contributed by atoms with Gasteiger partial charge < -0.3 is 24.5 Å². The zero-order chi connectivity index (χ0) is 20.0. The largest absolute Gasteiger partial charge is 0.495 e. The molecule has 2 N–H and O–H groups in total. The van der Waals surface area contributed by atoms with Crippen molar-refractivity contribution in [3.8, 4) is 5.75 Å². The Labute approximate surface area is 156 Å². The maximum absolute atomic E-state index is 12.3. The zero-order valence-electron chi connectivity index (χ0n) is 15.7. The molecule has 0 saturated heterocycles. The number of benzene rings is 1. The number of para-hydroxylation sites is 2. The Morgan fingerprint density at radius 3 is 2.44 bits per heavy atom. The number of ether oxygens (including phenoxy) is 3. The van der Waals surface area contributed by atoms with Crippen LogP contribution in [0, 0.1) is 6.92 Å². The van der Waals surface area contributed by atoms with Crippen molar-refractivity contribution in [2.75, 3.05) is 26.1 Å². The predicted octanol–water partition coefficient (Wildman–Crippen LogP) is 2.48. The lowest BCUT2D eigenvalue weighted by atomic mass is 10.1. The molecule has 1 aromatic carbocycles. The van der Waals surface area contributed by atoms with Gasteiger partial charge in [-0.25, -0.2) is 9.59 Å². The number of carbonyl (C=O) groups excluding carboxylic acids is 3. The summed E-state index contributed by atoms with van der Waals surface area (Å²) in [5, 5.41) is 2.61. The Morgan fingerprint density at radius 1 is 1.11 bits per heavy atom. The van der Waals surface area contributed by atoms with Crippen molar-refractivity contribution in [3.63, 3.8) is 0 Å². The Morgan fingerprint density at radius 2 is 1.81 bits per heavy atom. The molecule has 8 heteroatoms. The van der Waals surface area contributed by atoms with Gasteiger partial charge in [0.05, 0.1) is 25.5 Å². The first-order valence-electron chi connectivity index (χ1n) is 8.32. The number of rotatable bonds is 7. The first-order chi connectivity index (χ1) is 12.9. The van der Waals surface area contributed by atoms with Gasteiger partial charge >= 0.3 is 11.9 Å². The van der Waals surface area contributed by atoms with Gasteiger partial charge in [-0.2, -0.15) is 0 Å². The monoisotopic (exact) mass is 374 g/mol. The van der Waals surface area contributed by atoms with E-state index in [0.717, 1.165) is 0 Å². The highest BCUT2D eigenvalue weighted by Crippen LogP contribution is 2.23. The summed E-state index contributed by atoms with van der Waals surface area (Å²) in [4.78, 5) is 39.2. The van der Waals surface area contributed by atoms with Gasteiger partial charge in [0.1, 0.15) is 11.4 Å². The first-order valence-corrected chi connectivity index (χ1v) is 8.32. The van der Waals surface area contributed by atoms with Crippen molar-refractivity contribution < 1.29 is 28.6 Å². The normalized spacial score (nSPS) is 10.2. The second-order valence-electron chi connectivity index (χ2n) is 5.65. The molecule has 27 heavy (non-hydrogen) atoms. The van der Waals surface area contributed by atoms with E-state index in [9.17, 15) is 14.4 Å². The van der Waals surface area contributed by atoms with E-state index in [1.165, 1.54) is 14.2 Å². The molecule has 0 spiro atoms. The number of methoxy groups -OCH3 is 2. The number of esters is 2. The van der Waals surface area contributed by atoms with Crippen molar-refractivity contribution in [2.24, 2.45) is 0 Å². The van der Waals surface area contributed by atoms with Gasteiger partial charge in [-0.3, -0.25) is 4.79 Å². The fraction of sp³-hybridized carbons (Fsp3) is 0.316. The summed E-state index contributed by atoms with van der Waals surface area (Å²) in [6.45, 7) is 2.98. The standard InChI is InChI=1S/C19H22N2O6/c1-5-12-16(18(23)26-4)11(2)17(21-12)19(24)27-10-15(22)20-13-8-6-7-9-14(13)25-3/h6-9,21H,5,10H2,1-4H3,(H,20,22). The van der Waals surface area contributed by atoms with Gasteiger partial charge in [-0.05, 0) is 31.0 Å². The Bertz CT molecular complexity index is 856. The molecule has 8 nitrogen and oxygen atoms in total. The molecule has 144 valence electrons. The van der Waals surface area contributed by atoms with E-state index in [4.69, 9.17) is 14.2 Å². The minimum atomic E-state index is -0.729. The molecule has 0 saturated carbocycles. The van der Waals surface area contributed by atoms with E-state index in [2.05, 4.69) is 10.3 Å². The van der Waals surface area contributed by atoms with Crippen LogP contribution in [-0.4, -0.2) is 43.7 Å². The summed E-state index contributed by atoms with van der Waals surface area (Å²) < 4.78 is 15.0. The minimum Gasteiger partial charge on any atom is -0.495 e. The van der Waals surface area contributed by atoms with Crippen LogP contribution in [0.15, 0.2) is 24.3 Å². The van der Waals surface area contributed by atoms with Gasteiger partial charge in [0, 0.05) is 5.69 Å². The molecule has 0 unspecified atom stereocenters. The molecule has 0 atom stereocenters. The first kappa shape index (κ1) is 20.0. The van der Waals surface area contributed by atoms with Gasteiger partial charge in [0.15, 0.2) is 6.61 Å². The molecule has 1 heterocycles. The van der Waals surface area contributed by atoms with Crippen molar-refractivity contribution in [1.29, 1.82) is 0 Å². The third-order valence-corrected chi connectivity index (χ3v) is 3.99. The number of hydrogen-bond acceptors (Lipinski definition) is 6. The van der Waals surface area contributed by atoms with Gasteiger partial charge in [-0.1, -0.05) is 19.1 Å². The van der Waals surface area contributed by atoms with Crippen LogP contribution in [-0.2, 0) is 20.7 Å². The summed E-state index contributed by atoms with van der Waals surface area (Å²) in [7, 11) is 2.76. The third kappa shape index (κ3) is 4.46. The molecule has 1 amide bonds. The number of anilines is 1. The summed E-state index contributed by atoms with van der Waals surface area (Å²) in [5.74, 6) is -1.28. The number of aromatic nitrogens is 1. The molecule has 0 aliphatic rings. The number of aromatic amines is 1. The van der Waals surface area contributed by atoms with E-state index in [-0.39, 0.29) is 5.69 Å². The van der Waals surface area contributed by atoms with Gasteiger partial charge in [0.25, 0.3) is 5.91 Å². The highest BCUT2D eigenvalue weighted by Gasteiger charge is 2.25. The van der Waals surface area contributed by atoms with E-state index in [1.807, 2.05) is 6.92 Å². The molecule has 0 bridgehead atoms. The van der Waals surface area contributed by atoms with Crippen LogP contribution < -0.4 is 10.1 Å². The summed E-state index contributed by atoms with van der Waals surface area (Å²) >= 11 is 0. The highest BCUT2D eigenvalue weighted by molar-refractivity contribution is 6.00. The molecule has 0 radical (unpaired) electrons. The minimum absolute atomic E-state index is 0.123. The molecule has 0 fully saturated rings. The molecule has 2 aromatic rings. The van der Waals surface area contributed by atoms with Crippen LogP contribution in [0.1, 0.15) is 39.0 Å². The number of aryl methyl sites for hydroxylation is 1. The van der Waals surface area contributed by atoms with E-state index >= 15 is 0 Å². The fourth-order valence-electron chi connectivity index (χ4n) is 2.64. The second kappa shape index (κ2) is 8.88. The Kier molecular flexibility index (Phi) is 6.59.